The summed E-state index contributed by atoms with van der Waals surface area (Å²) in [7, 11) is 1.34. The Morgan fingerprint density at radius 1 is 1.15 bits per heavy atom. The Balaban J connectivity index is 1.86. The van der Waals surface area contributed by atoms with Crippen LogP contribution in [0, 0.1) is 10.1 Å². The van der Waals surface area contributed by atoms with Gasteiger partial charge in [-0.3, -0.25) is 14.9 Å². The van der Waals surface area contributed by atoms with Gasteiger partial charge in [-0.1, -0.05) is 42.1 Å². The van der Waals surface area contributed by atoms with Gasteiger partial charge in [0.2, 0.25) is 5.91 Å². The monoisotopic (exact) mass is 478 g/mol. The first-order valence-corrected chi connectivity index (χ1v) is 10.3. The number of amides is 1. The van der Waals surface area contributed by atoms with Crippen LogP contribution < -0.4 is 10.1 Å². The molecule has 0 saturated heterocycles. The molecule has 2 aromatic carbocycles. The number of nitrogens with one attached hydrogen (secondary N) is 1. The van der Waals surface area contributed by atoms with Gasteiger partial charge in [0.05, 0.1) is 29.0 Å². The number of halogens is 3. The standard InChI is InChI=1S/C21H17F3N4O4S/c1-12(19(29)25-15-9-8-14(32-2)10-17(15)28(30)31)33-20-26-16(13-6-4-3-5-7-13)11-18(27-20)21(22,23)24/h3-12H,1-2H3,(H,25,29)/t12-/m0/s1. The Labute approximate surface area is 190 Å². The summed E-state index contributed by atoms with van der Waals surface area (Å²) in [6.45, 7) is 1.43. The van der Waals surface area contributed by atoms with Crippen molar-refractivity contribution in [2.45, 2.75) is 23.5 Å². The Bertz CT molecular complexity index is 1180. The van der Waals surface area contributed by atoms with Gasteiger partial charge in [0.25, 0.3) is 5.69 Å². The van der Waals surface area contributed by atoms with Crippen LogP contribution in [0.3, 0.4) is 0 Å². The Morgan fingerprint density at radius 3 is 2.45 bits per heavy atom. The SMILES string of the molecule is COc1ccc(NC(=O)[C@H](C)Sc2nc(-c3ccccc3)cc(C(F)(F)F)n2)c([N+](=O)[O-])c1. The molecule has 1 atom stereocenters. The molecule has 8 nitrogen and oxygen atoms in total. The second kappa shape index (κ2) is 9.86. The zero-order valence-electron chi connectivity index (χ0n) is 17.3. The smallest absolute Gasteiger partial charge is 0.433 e. The summed E-state index contributed by atoms with van der Waals surface area (Å²) in [6, 6.07) is 13.0. The maximum absolute atomic E-state index is 13.4. The highest BCUT2D eigenvalue weighted by Crippen LogP contribution is 2.34. The molecule has 0 aliphatic rings. The number of hydrogen-bond donors (Lipinski definition) is 1. The van der Waals surface area contributed by atoms with E-state index >= 15 is 0 Å². The number of alkyl halides is 3. The van der Waals surface area contributed by atoms with Crippen molar-refractivity contribution in [2.24, 2.45) is 0 Å². The van der Waals surface area contributed by atoms with Crippen LogP contribution in [0.2, 0.25) is 0 Å². The molecular formula is C21H17F3N4O4S. The summed E-state index contributed by atoms with van der Waals surface area (Å²) in [5.41, 5.74) is -1.09. The van der Waals surface area contributed by atoms with Crippen LogP contribution >= 0.6 is 11.8 Å². The van der Waals surface area contributed by atoms with Crippen molar-refractivity contribution in [1.82, 2.24) is 9.97 Å². The van der Waals surface area contributed by atoms with Crippen LogP contribution in [0.1, 0.15) is 12.6 Å². The largest absolute Gasteiger partial charge is 0.496 e. The molecule has 1 N–H and O–H groups in total. The van der Waals surface area contributed by atoms with Crippen LogP contribution in [-0.4, -0.2) is 33.2 Å². The van der Waals surface area contributed by atoms with E-state index in [1.54, 1.807) is 30.3 Å². The summed E-state index contributed by atoms with van der Waals surface area (Å²) in [4.78, 5) is 31.0. The quantitative estimate of drug-likeness (QED) is 0.215. The fraction of sp³-hybridized carbons (Fsp3) is 0.190. The van der Waals surface area contributed by atoms with Crippen LogP contribution in [0.15, 0.2) is 59.8 Å². The van der Waals surface area contributed by atoms with Crippen LogP contribution in [0.4, 0.5) is 24.5 Å². The summed E-state index contributed by atoms with van der Waals surface area (Å²) in [6.07, 6.45) is -4.71. The molecule has 1 aromatic heterocycles. The molecular weight excluding hydrogens is 461 g/mol. The zero-order valence-corrected chi connectivity index (χ0v) is 18.1. The summed E-state index contributed by atoms with van der Waals surface area (Å²) in [5.74, 6) is -0.441. The Morgan fingerprint density at radius 2 is 1.85 bits per heavy atom. The van der Waals surface area contributed by atoms with Crippen molar-refractivity contribution < 1.29 is 27.6 Å². The van der Waals surface area contributed by atoms with Gasteiger partial charge in [0, 0.05) is 5.56 Å². The molecule has 0 aliphatic heterocycles. The molecule has 1 heterocycles. The number of nitrogens with zero attached hydrogens (tertiary/aromatic N) is 3. The van der Waals surface area contributed by atoms with E-state index in [1.807, 2.05) is 0 Å². The first-order chi connectivity index (χ1) is 15.6. The van der Waals surface area contributed by atoms with Gasteiger partial charge in [0.1, 0.15) is 17.1 Å². The Hall–Kier alpha value is -3.67. The van der Waals surface area contributed by atoms with Gasteiger partial charge in [-0.25, -0.2) is 9.97 Å². The lowest BCUT2D eigenvalue weighted by atomic mass is 10.1. The maximum Gasteiger partial charge on any atom is 0.433 e. The van der Waals surface area contributed by atoms with E-state index in [0.29, 0.717) is 17.3 Å². The molecule has 1 amide bonds. The van der Waals surface area contributed by atoms with Gasteiger partial charge in [-0.05, 0) is 25.1 Å². The lowest BCUT2D eigenvalue weighted by Crippen LogP contribution is -2.23. The highest BCUT2D eigenvalue weighted by molar-refractivity contribution is 8.00. The highest BCUT2D eigenvalue weighted by Gasteiger charge is 2.34. The van der Waals surface area contributed by atoms with Crippen molar-refractivity contribution in [2.75, 3.05) is 12.4 Å². The second-order valence-corrected chi connectivity index (χ2v) is 7.98. The molecule has 33 heavy (non-hydrogen) atoms. The molecule has 0 radical (unpaired) electrons. The third-order valence-electron chi connectivity index (χ3n) is 4.38. The number of benzene rings is 2. The highest BCUT2D eigenvalue weighted by atomic mass is 32.2. The third kappa shape index (κ3) is 5.98. The predicted molar refractivity (Wildman–Crippen MR) is 116 cm³/mol. The minimum atomic E-state index is -4.71. The lowest BCUT2D eigenvalue weighted by molar-refractivity contribution is -0.384. The van der Waals surface area contributed by atoms with Gasteiger partial charge in [-0.15, -0.1) is 0 Å². The predicted octanol–water partition coefficient (Wildman–Crippen LogP) is 5.20. The molecule has 172 valence electrons. The van der Waals surface area contributed by atoms with Gasteiger partial charge < -0.3 is 10.1 Å². The molecule has 0 aliphatic carbocycles. The first-order valence-electron chi connectivity index (χ1n) is 9.40. The lowest BCUT2D eigenvalue weighted by Gasteiger charge is -2.14. The number of aromatic nitrogens is 2. The van der Waals surface area contributed by atoms with Crippen molar-refractivity contribution in [3.8, 4) is 17.0 Å². The van der Waals surface area contributed by atoms with Crippen molar-refractivity contribution in [3.05, 3.63) is 70.4 Å². The van der Waals surface area contributed by atoms with E-state index in [-0.39, 0.29) is 28.0 Å². The van der Waals surface area contributed by atoms with Gasteiger partial charge in [0.15, 0.2) is 5.16 Å². The second-order valence-electron chi connectivity index (χ2n) is 6.67. The molecule has 0 fully saturated rings. The fourth-order valence-corrected chi connectivity index (χ4v) is 3.51. The van der Waals surface area contributed by atoms with E-state index in [0.717, 1.165) is 12.1 Å². The molecule has 3 aromatic rings. The molecule has 0 unspecified atom stereocenters. The number of anilines is 1. The number of hydrogen-bond acceptors (Lipinski definition) is 7. The average Bonchev–Trinajstić information content (AvgIpc) is 2.78. The number of methoxy groups -OCH3 is 1. The average molecular weight is 478 g/mol. The number of carbonyl (C=O) groups is 1. The molecule has 3 rings (SSSR count). The summed E-state index contributed by atoms with van der Waals surface area (Å²) in [5, 5.41) is 12.5. The third-order valence-corrected chi connectivity index (χ3v) is 5.34. The van der Waals surface area contributed by atoms with E-state index in [9.17, 15) is 28.1 Å². The van der Waals surface area contributed by atoms with E-state index < -0.39 is 28.0 Å². The summed E-state index contributed by atoms with van der Waals surface area (Å²) < 4.78 is 45.1. The van der Waals surface area contributed by atoms with Gasteiger partial charge in [-0.2, -0.15) is 13.2 Å². The molecule has 0 saturated carbocycles. The topological polar surface area (TPSA) is 107 Å². The fourth-order valence-electron chi connectivity index (χ4n) is 2.72. The number of thioether (sulfide) groups is 1. The van der Waals surface area contributed by atoms with E-state index in [2.05, 4.69) is 15.3 Å². The van der Waals surface area contributed by atoms with Crippen molar-refractivity contribution in [1.29, 1.82) is 0 Å². The van der Waals surface area contributed by atoms with Crippen LogP contribution in [-0.2, 0) is 11.0 Å². The van der Waals surface area contributed by atoms with Crippen LogP contribution in [0.25, 0.3) is 11.3 Å². The molecule has 0 bridgehead atoms. The summed E-state index contributed by atoms with van der Waals surface area (Å²) >= 11 is 0.703. The maximum atomic E-state index is 13.4. The number of nitro benzene ring substituents is 1. The molecule has 0 spiro atoms. The zero-order chi connectivity index (χ0) is 24.2. The van der Waals surface area contributed by atoms with Crippen LogP contribution in [0.5, 0.6) is 5.75 Å². The number of rotatable bonds is 7. The van der Waals surface area contributed by atoms with Crippen molar-refractivity contribution in [3.63, 3.8) is 0 Å². The van der Waals surface area contributed by atoms with Gasteiger partial charge >= 0.3 is 6.18 Å². The van der Waals surface area contributed by atoms with E-state index in [4.69, 9.17) is 4.74 Å². The number of nitro groups is 1. The minimum Gasteiger partial charge on any atom is -0.496 e. The first kappa shape index (κ1) is 24.0. The Kier molecular flexibility index (Phi) is 7.16. The minimum absolute atomic E-state index is 0.0545. The number of ether oxygens (including phenoxy) is 1. The van der Waals surface area contributed by atoms with E-state index in [1.165, 1.54) is 26.2 Å². The normalized spacial score (nSPS) is 12.2. The number of carbonyl (C=O) groups excluding carboxylic acids is 1. The molecule has 12 heteroatoms. The van der Waals surface area contributed by atoms with Crippen molar-refractivity contribution >= 4 is 29.0 Å².